The molecule has 0 saturated carbocycles. The Hall–Kier alpha value is -1.77. The van der Waals surface area contributed by atoms with Gasteiger partial charge in [0.15, 0.2) is 5.76 Å². The van der Waals surface area contributed by atoms with Gasteiger partial charge in [0.2, 0.25) is 0 Å². The highest BCUT2D eigenvalue weighted by Gasteiger charge is 2.15. The summed E-state index contributed by atoms with van der Waals surface area (Å²) in [6, 6.07) is 8.08. The monoisotopic (exact) mass is 201 g/mol. The van der Waals surface area contributed by atoms with Gasteiger partial charge in [-0.05, 0) is 25.1 Å². The zero-order chi connectivity index (χ0) is 10.3. The highest BCUT2D eigenvalue weighted by molar-refractivity contribution is 5.96. The van der Waals surface area contributed by atoms with Crippen LogP contribution in [0.3, 0.4) is 0 Å². The number of fused-ring (bicyclic) bond motifs is 1. The zero-order valence-electron chi connectivity index (χ0n) is 8.49. The average molecular weight is 201 g/mol. The van der Waals surface area contributed by atoms with Gasteiger partial charge in [-0.15, -0.1) is 0 Å². The molecule has 0 aliphatic carbocycles. The van der Waals surface area contributed by atoms with Crippen LogP contribution in [-0.2, 0) is 4.74 Å². The number of aryl methyl sites for hydroxylation is 1. The molecule has 0 bridgehead atoms. The molecule has 2 heterocycles. The van der Waals surface area contributed by atoms with Gasteiger partial charge in [0.25, 0.3) is 5.90 Å². The molecule has 0 radical (unpaired) electrons. The van der Waals surface area contributed by atoms with Gasteiger partial charge in [-0.2, -0.15) is 0 Å². The van der Waals surface area contributed by atoms with E-state index >= 15 is 0 Å². The summed E-state index contributed by atoms with van der Waals surface area (Å²) in [5.41, 5.74) is 2.11. The molecule has 1 aromatic carbocycles. The lowest BCUT2D eigenvalue weighted by Gasteiger charge is -1.94. The topological polar surface area (TPSA) is 34.7 Å². The second kappa shape index (κ2) is 3.12. The molecule has 0 spiro atoms. The van der Waals surface area contributed by atoms with Crippen LogP contribution in [-0.4, -0.2) is 19.0 Å². The fraction of sp³-hybridized carbons (Fsp3) is 0.250. The first-order valence-electron chi connectivity index (χ1n) is 5.01. The Morgan fingerprint density at radius 2 is 2.20 bits per heavy atom. The third kappa shape index (κ3) is 1.40. The zero-order valence-corrected chi connectivity index (χ0v) is 8.49. The fourth-order valence-electron chi connectivity index (χ4n) is 1.75. The van der Waals surface area contributed by atoms with Gasteiger partial charge >= 0.3 is 0 Å². The predicted molar refractivity (Wildman–Crippen MR) is 58.3 cm³/mol. The summed E-state index contributed by atoms with van der Waals surface area (Å²) < 4.78 is 11.0. The van der Waals surface area contributed by atoms with Crippen LogP contribution in [0.15, 0.2) is 33.7 Å². The molecule has 0 N–H and O–H groups in total. The summed E-state index contributed by atoms with van der Waals surface area (Å²) in [5, 5.41) is 1.10. The van der Waals surface area contributed by atoms with Crippen LogP contribution in [0.25, 0.3) is 11.0 Å². The molecule has 3 nitrogen and oxygen atoms in total. The van der Waals surface area contributed by atoms with Gasteiger partial charge < -0.3 is 9.15 Å². The fourth-order valence-corrected chi connectivity index (χ4v) is 1.75. The van der Waals surface area contributed by atoms with Crippen molar-refractivity contribution in [2.75, 3.05) is 13.2 Å². The van der Waals surface area contributed by atoms with Crippen LogP contribution < -0.4 is 0 Å². The molecule has 0 amide bonds. The van der Waals surface area contributed by atoms with E-state index in [1.54, 1.807) is 0 Å². The Morgan fingerprint density at radius 3 is 3.00 bits per heavy atom. The van der Waals surface area contributed by atoms with Crippen molar-refractivity contribution < 1.29 is 9.15 Å². The van der Waals surface area contributed by atoms with Crippen molar-refractivity contribution in [3.63, 3.8) is 0 Å². The Balaban J connectivity index is 2.13. The van der Waals surface area contributed by atoms with Crippen molar-refractivity contribution in [2.24, 2.45) is 4.99 Å². The highest BCUT2D eigenvalue weighted by atomic mass is 16.5. The van der Waals surface area contributed by atoms with E-state index in [0.717, 1.165) is 23.3 Å². The third-order valence-electron chi connectivity index (χ3n) is 2.47. The molecule has 1 aliphatic rings. The van der Waals surface area contributed by atoms with Gasteiger partial charge in [-0.1, -0.05) is 11.6 Å². The maximum absolute atomic E-state index is 5.65. The van der Waals surface area contributed by atoms with E-state index in [1.165, 1.54) is 5.56 Å². The largest absolute Gasteiger partial charge is 0.473 e. The van der Waals surface area contributed by atoms with Crippen molar-refractivity contribution in [1.82, 2.24) is 0 Å². The molecular formula is C12H11NO2. The average Bonchev–Trinajstić information content (AvgIpc) is 2.84. The number of nitrogens with zero attached hydrogens (tertiary/aromatic N) is 1. The van der Waals surface area contributed by atoms with Crippen LogP contribution >= 0.6 is 0 Å². The van der Waals surface area contributed by atoms with E-state index < -0.39 is 0 Å². The standard InChI is InChI=1S/C12H11NO2/c1-8-2-3-10-9(6-8)7-11(15-10)12-13-4-5-14-12/h2-3,6-7H,4-5H2,1H3. The number of ether oxygens (including phenoxy) is 1. The van der Waals surface area contributed by atoms with Crippen LogP contribution in [0, 0.1) is 6.92 Å². The van der Waals surface area contributed by atoms with Gasteiger partial charge in [-0.25, -0.2) is 4.99 Å². The Kier molecular flexibility index (Phi) is 1.78. The molecule has 0 saturated heterocycles. The summed E-state index contributed by atoms with van der Waals surface area (Å²) in [6.07, 6.45) is 0. The number of hydrogen-bond acceptors (Lipinski definition) is 3. The van der Waals surface area contributed by atoms with E-state index in [2.05, 4.69) is 18.0 Å². The maximum atomic E-state index is 5.65. The van der Waals surface area contributed by atoms with Gasteiger partial charge in [0, 0.05) is 5.39 Å². The molecule has 1 aliphatic heterocycles. The van der Waals surface area contributed by atoms with E-state index in [0.29, 0.717) is 12.5 Å². The van der Waals surface area contributed by atoms with Crippen molar-refractivity contribution in [3.05, 3.63) is 35.6 Å². The Morgan fingerprint density at radius 1 is 1.27 bits per heavy atom. The van der Waals surface area contributed by atoms with Crippen molar-refractivity contribution in [2.45, 2.75) is 6.92 Å². The van der Waals surface area contributed by atoms with E-state index in [9.17, 15) is 0 Å². The predicted octanol–water partition coefficient (Wildman–Crippen LogP) is 2.52. The first-order chi connectivity index (χ1) is 7.33. The first-order valence-corrected chi connectivity index (χ1v) is 5.01. The summed E-state index contributed by atoms with van der Waals surface area (Å²) >= 11 is 0. The van der Waals surface area contributed by atoms with E-state index in [-0.39, 0.29) is 0 Å². The lowest BCUT2D eigenvalue weighted by Crippen LogP contribution is -1.98. The first kappa shape index (κ1) is 8.53. The van der Waals surface area contributed by atoms with E-state index in [4.69, 9.17) is 9.15 Å². The maximum Gasteiger partial charge on any atom is 0.253 e. The number of rotatable bonds is 1. The number of furan rings is 1. The number of hydrogen-bond donors (Lipinski definition) is 0. The molecule has 0 atom stereocenters. The molecule has 3 rings (SSSR count). The van der Waals surface area contributed by atoms with Gasteiger partial charge in [0.05, 0.1) is 6.54 Å². The molecule has 0 fully saturated rings. The Bertz CT molecular complexity index is 540. The summed E-state index contributed by atoms with van der Waals surface area (Å²) in [5.74, 6) is 1.36. The number of benzene rings is 1. The van der Waals surface area contributed by atoms with E-state index in [1.807, 2.05) is 18.2 Å². The highest BCUT2D eigenvalue weighted by Crippen LogP contribution is 2.22. The normalized spacial score (nSPS) is 15.4. The van der Waals surface area contributed by atoms with Gasteiger partial charge in [0.1, 0.15) is 12.2 Å². The third-order valence-corrected chi connectivity index (χ3v) is 2.47. The second-order valence-electron chi connectivity index (χ2n) is 3.69. The SMILES string of the molecule is Cc1ccc2oc(C3=NCCO3)cc2c1. The summed E-state index contributed by atoms with van der Waals surface area (Å²) in [4.78, 5) is 4.22. The smallest absolute Gasteiger partial charge is 0.253 e. The molecular weight excluding hydrogens is 190 g/mol. The van der Waals surface area contributed by atoms with Crippen LogP contribution in [0.5, 0.6) is 0 Å². The van der Waals surface area contributed by atoms with Crippen molar-refractivity contribution >= 4 is 16.9 Å². The molecule has 1 aromatic heterocycles. The van der Waals surface area contributed by atoms with Crippen LogP contribution in [0.1, 0.15) is 11.3 Å². The van der Waals surface area contributed by atoms with Crippen molar-refractivity contribution in [1.29, 1.82) is 0 Å². The lowest BCUT2D eigenvalue weighted by molar-refractivity contribution is 0.340. The molecule has 3 heteroatoms. The molecule has 15 heavy (non-hydrogen) atoms. The molecule has 0 unspecified atom stereocenters. The number of aliphatic imine (C=N–C) groups is 1. The quantitative estimate of drug-likeness (QED) is 0.710. The second-order valence-corrected chi connectivity index (χ2v) is 3.69. The van der Waals surface area contributed by atoms with Crippen LogP contribution in [0.4, 0.5) is 0 Å². The van der Waals surface area contributed by atoms with Crippen LogP contribution in [0.2, 0.25) is 0 Å². The van der Waals surface area contributed by atoms with Gasteiger partial charge in [-0.3, -0.25) is 0 Å². The molecule has 2 aromatic rings. The Labute approximate surface area is 87.4 Å². The summed E-state index contributed by atoms with van der Waals surface area (Å²) in [6.45, 7) is 3.45. The minimum absolute atomic E-state index is 0.629. The lowest BCUT2D eigenvalue weighted by atomic mass is 10.2. The summed E-state index contributed by atoms with van der Waals surface area (Å²) in [7, 11) is 0. The minimum atomic E-state index is 0.629. The molecule has 76 valence electrons. The minimum Gasteiger partial charge on any atom is -0.473 e. The van der Waals surface area contributed by atoms with Crippen molar-refractivity contribution in [3.8, 4) is 0 Å².